The number of benzene rings is 1. The van der Waals surface area contributed by atoms with Crippen molar-refractivity contribution in [1.29, 1.82) is 0 Å². The molecule has 0 aliphatic heterocycles. The highest BCUT2D eigenvalue weighted by molar-refractivity contribution is 5.67. The molecule has 0 spiro atoms. The van der Waals surface area contributed by atoms with Gasteiger partial charge in [-0.15, -0.1) is 0 Å². The Labute approximate surface area is 105 Å². The average molecular weight is 245 g/mol. The highest BCUT2D eigenvalue weighted by Gasteiger charge is 2.11. The summed E-state index contributed by atoms with van der Waals surface area (Å²) in [6.45, 7) is 2.00. The molecule has 94 valence electrons. The molecule has 0 amide bonds. The molecule has 0 bridgehead atoms. The third-order valence-electron chi connectivity index (χ3n) is 2.80. The molecule has 0 saturated carbocycles. The highest BCUT2D eigenvalue weighted by atomic mass is 16.4. The van der Waals surface area contributed by atoms with E-state index in [2.05, 4.69) is 10.1 Å². The van der Waals surface area contributed by atoms with E-state index in [1.165, 1.54) is 0 Å². The number of carboxylic acid groups (broad SMARTS) is 1. The molecular formula is C13H15N3O2. The van der Waals surface area contributed by atoms with E-state index in [0.717, 1.165) is 11.1 Å². The number of carbonyl (C=O) groups is 1. The quantitative estimate of drug-likeness (QED) is 0.892. The van der Waals surface area contributed by atoms with Crippen LogP contribution in [0.15, 0.2) is 24.3 Å². The van der Waals surface area contributed by atoms with Gasteiger partial charge >= 0.3 is 5.97 Å². The molecule has 5 nitrogen and oxygen atoms in total. The summed E-state index contributed by atoms with van der Waals surface area (Å²) in [6, 6.07) is 7.87. The predicted molar refractivity (Wildman–Crippen MR) is 67.1 cm³/mol. The molecule has 0 fully saturated rings. The van der Waals surface area contributed by atoms with E-state index < -0.39 is 5.97 Å². The van der Waals surface area contributed by atoms with Crippen LogP contribution in [-0.2, 0) is 18.3 Å². The maximum atomic E-state index is 10.6. The van der Waals surface area contributed by atoms with E-state index in [-0.39, 0.29) is 6.42 Å². The van der Waals surface area contributed by atoms with E-state index >= 15 is 0 Å². The molecule has 2 rings (SSSR count). The van der Waals surface area contributed by atoms with Gasteiger partial charge in [0.2, 0.25) is 0 Å². The summed E-state index contributed by atoms with van der Waals surface area (Å²) >= 11 is 0. The lowest BCUT2D eigenvalue weighted by Gasteiger charge is -1.98. The number of carboxylic acids is 1. The summed E-state index contributed by atoms with van der Waals surface area (Å²) in [5, 5.41) is 13.0. The molecule has 2 aromatic rings. The van der Waals surface area contributed by atoms with Crippen LogP contribution in [0.25, 0.3) is 11.4 Å². The fourth-order valence-corrected chi connectivity index (χ4v) is 1.79. The van der Waals surface area contributed by atoms with E-state index in [4.69, 9.17) is 5.11 Å². The molecule has 1 aromatic carbocycles. The third-order valence-corrected chi connectivity index (χ3v) is 2.80. The van der Waals surface area contributed by atoms with Gasteiger partial charge in [-0.3, -0.25) is 9.48 Å². The van der Waals surface area contributed by atoms with Crippen LogP contribution >= 0.6 is 0 Å². The van der Waals surface area contributed by atoms with Gasteiger partial charge in [-0.2, -0.15) is 5.10 Å². The van der Waals surface area contributed by atoms with Crippen molar-refractivity contribution >= 4 is 5.97 Å². The van der Waals surface area contributed by atoms with Gasteiger partial charge in [0, 0.05) is 19.0 Å². The number of aryl methyl sites for hydroxylation is 3. The molecule has 1 N–H and O–H groups in total. The lowest BCUT2D eigenvalue weighted by Crippen LogP contribution is -2.03. The number of hydrogen-bond acceptors (Lipinski definition) is 3. The summed E-state index contributed by atoms with van der Waals surface area (Å²) < 4.78 is 1.64. The molecule has 1 heterocycles. The van der Waals surface area contributed by atoms with E-state index in [0.29, 0.717) is 18.1 Å². The zero-order valence-electron chi connectivity index (χ0n) is 10.4. The van der Waals surface area contributed by atoms with Gasteiger partial charge in [-0.25, -0.2) is 4.98 Å². The van der Waals surface area contributed by atoms with E-state index in [1.807, 2.05) is 31.2 Å². The first-order chi connectivity index (χ1) is 8.58. The van der Waals surface area contributed by atoms with Crippen LogP contribution in [0.2, 0.25) is 0 Å². The predicted octanol–water partition coefficient (Wildman–Crippen LogP) is 1.81. The minimum atomic E-state index is -0.824. The van der Waals surface area contributed by atoms with Crippen molar-refractivity contribution < 1.29 is 9.90 Å². The summed E-state index contributed by atoms with van der Waals surface area (Å²) in [7, 11) is 1.78. The van der Waals surface area contributed by atoms with Crippen molar-refractivity contribution in [1.82, 2.24) is 14.8 Å². The van der Waals surface area contributed by atoms with Gasteiger partial charge in [0.05, 0.1) is 6.42 Å². The van der Waals surface area contributed by atoms with Gasteiger partial charge < -0.3 is 5.11 Å². The SMILES string of the molecule is Cc1ccccc1-c1nc(CCC(=O)O)n(C)n1. The van der Waals surface area contributed by atoms with Crippen LogP contribution in [0, 0.1) is 6.92 Å². The van der Waals surface area contributed by atoms with Crippen LogP contribution < -0.4 is 0 Å². The standard InChI is InChI=1S/C13H15N3O2/c1-9-5-3-4-6-10(9)13-14-11(16(2)15-13)7-8-12(17)18/h3-6H,7-8H2,1-2H3,(H,17,18). The first kappa shape index (κ1) is 12.3. The van der Waals surface area contributed by atoms with Gasteiger partial charge in [0.25, 0.3) is 0 Å². The zero-order valence-corrected chi connectivity index (χ0v) is 10.4. The maximum absolute atomic E-state index is 10.6. The Hall–Kier alpha value is -2.17. The number of nitrogens with zero attached hydrogens (tertiary/aromatic N) is 3. The molecule has 0 aliphatic rings. The van der Waals surface area contributed by atoms with Crippen molar-refractivity contribution in [3.8, 4) is 11.4 Å². The Morgan fingerprint density at radius 1 is 1.39 bits per heavy atom. The Kier molecular flexibility index (Phi) is 3.41. The fraction of sp³-hybridized carbons (Fsp3) is 0.308. The molecular weight excluding hydrogens is 230 g/mol. The average Bonchev–Trinajstić information content (AvgIpc) is 2.68. The normalized spacial score (nSPS) is 10.6. The number of rotatable bonds is 4. The summed E-state index contributed by atoms with van der Waals surface area (Å²) in [5.74, 6) is 0.516. The molecule has 0 radical (unpaired) electrons. The van der Waals surface area contributed by atoms with Crippen molar-refractivity contribution in [3.05, 3.63) is 35.7 Å². The molecule has 18 heavy (non-hydrogen) atoms. The first-order valence-corrected chi connectivity index (χ1v) is 5.75. The van der Waals surface area contributed by atoms with Crippen molar-refractivity contribution in [2.24, 2.45) is 7.05 Å². The Balaban J connectivity index is 2.29. The van der Waals surface area contributed by atoms with E-state index in [9.17, 15) is 4.79 Å². The van der Waals surface area contributed by atoms with Crippen molar-refractivity contribution in [3.63, 3.8) is 0 Å². The first-order valence-electron chi connectivity index (χ1n) is 5.75. The second-order valence-corrected chi connectivity index (χ2v) is 4.18. The molecule has 0 atom stereocenters. The fourth-order valence-electron chi connectivity index (χ4n) is 1.79. The van der Waals surface area contributed by atoms with Gasteiger partial charge in [-0.05, 0) is 12.5 Å². The minimum absolute atomic E-state index is 0.0692. The molecule has 0 unspecified atom stereocenters. The zero-order chi connectivity index (χ0) is 13.1. The van der Waals surface area contributed by atoms with Gasteiger partial charge in [-0.1, -0.05) is 24.3 Å². The van der Waals surface area contributed by atoms with Crippen molar-refractivity contribution in [2.75, 3.05) is 0 Å². The summed E-state index contributed by atoms with van der Waals surface area (Å²) in [5.41, 5.74) is 2.09. The summed E-state index contributed by atoms with van der Waals surface area (Å²) in [6.07, 6.45) is 0.463. The minimum Gasteiger partial charge on any atom is -0.481 e. The molecule has 0 saturated heterocycles. The summed E-state index contributed by atoms with van der Waals surface area (Å²) in [4.78, 5) is 15.0. The van der Waals surface area contributed by atoms with Crippen molar-refractivity contribution in [2.45, 2.75) is 19.8 Å². The Bertz CT molecular complexity index is 575. The second kappa shape index (κ2) is 5.00. The Morgan fingerprint density at radius 3 is 2.78 bits per heavy atom. The third kappa shape index (κ3) is 2.56. The van der Waals surface area contributed by atoms with Gasteiger partial charge in [0.15, 0.2) is 5.82 Å². The largest absolute Gasteiger partial charge is 0.481 e. The lowest BCUT2D eigenvalue weighted by molar-refractivity contribution is -0.137. The monoisotopic (exact) mass is 245 g/mol. The smallest absolute Gasteiger partial charge is 0.303 e. The second-order valence-electron chi connectivity index (χ2n) is 4.18. The number of aliphatic carboxylic acids is 1. The van der Waals surface area contributed by atoms with Crippen LogP contribution in [0.4, 0.5) is 0 Å². The van der Waals surface area contributed by atoms with E-state index in [1.54, 1.807) is 11.7 Å². The van der Waals surface area contributed by atoms with Crippen LogP contribution in [0.5, 0.6) is 0 Å². The topological polar surface area (TPSA) is 68.0 Å². The molecule has 1 aromatic heterocycles. The van der Waals surface area contributed by atoms with Crippen LogP contribution in [0.1, 0.15) is 17.8 Å². The highest BCUT2D eigenvalue weighted by Crippen LogP contribution is 2.19. The maximum Gasteiger partial charge on any atom is 0.303 e. The molecule has 0 aliphatic carbocycles. The number of hydrogen-bond donors (Lipinski definition) is 1. The van der Waals surface area contributed by atoms with Crippen LogP contribution in [0.3, 0.4) is 0 Å². The number of aromatic nitrogens is 3. The van der Waals surface area contributed by atoms with Crippen LogP contribution in [-0.4, -0.2) is 25.8 Å². The van der Waals surface area contributed by atoms with Gasteiger partial charge in [0.1, 0.15) is 5.82 Å². The lowest BCUT2D eigenvalue weighted by atomic mass is 10.1. The Morgan fingerprint density at radius 2 is 2.11 bits per heavy atom. The molecule has 5 heteroatoms.